The molecule has 0 atom stereocenters. The first-order chi connectivity index (χ1) is 9.56. The van der Waals surface area contributed by atoms with Crippen molar-refractivity contribution in [3.8, 4) is 0 Å². The van der Waals surface area contributed by atoms with E-state index in [0.717, 1.165) is 25.7 Å². The number of amides is 1. The molecule has 0 radical (unpaired) electrons. The van der Waals surface area contributed by atoms with E-state index < -0.39 is 0 Å². The van der Waals surface area contributed by atoms with Gasteiger partial charge in [-0.2, -0.15) is 0 Å². The molecule has 0 saturated heterocycles. The van der Waals surface area contributed by atoms with E-state index in [9.17, 15) is 4.79 Å². The second-order valence-corrected chi connectivity index (χ2v) is 5.91. The molecule has 1 N–H and O–H groups in total. The van der Waals surface area contributed by atoms with Gasteiger partial charge < -0.3 is 10.0 Å². The third-order valence-corrected chi connectivity index (χ3v) is 4.73. The molecular formula is C13H15Cl3N2O2. The first-order valence-corrected chi connectivity index (χ1v) is 7.61. The molecule has 4 nitrogen and oxygen atoms in total. The number of rotatable bonds is 4. The lowest BCUT2D eigenvalue weighted by atomic mass is 10.2. The maximum atomic E-state index is 12.6. The van der Waals surface area contributed by atoms with Gasteiger partial charge in [0.1, 0.15) is 5.69 Å². The molecule has 1 aliphatic carbocycles. The standard InChI is InChI=1S/C13H15Cl3N2O2/c14-9-7-17-12(11(16)10(9)15)13(20)18(5-6-19)8-3-1-2-4-8/h7-8,19H,1-6H2. The molecule has 0 aliphatic heterocycles. The van der Waals surface area contributed by atoms with E-state index >= 15 is 0 Å². The number of hydrogen-bond donors (Lipinski definition) is 1. The van der Waals surface area contributed by atoms with Gasteiger partial charge in [0.05, 0.1) is 21.7 Å². The van der Waals surface area contributed by atoms with Gasteiger partial charge in [-0.3, -0.25) is 4.79 Å². The molecule has 0 unspecified atom stereocenters. The highest BCUT2D eigenvalue weighted by atomic mass is 35.5. The molecule has 1 saturated carbocycles. The average Bonchev–Trinajstić information content (AvgIpc) is 2.95. The van der Waals surface area contributed by atoms with E-state index in [1.165, 1.54) is 6.20 Å². The van der Waals surface area contributed by atoms with Gasteiger partial charge in [0.2, 0.25) is 0 Å². The van der Waals surface area contributed by atoms with Crippen molar-refractivity contribution in [2.24, 2.45) is 0 Å². The molecule has 0 spiro atoms. The molecule has 1 fully saturated rings. The highest BCUT2D eigenvalue weighted by Crippen LogP contribution is 2.33. The van der Waals surface area contributed by atoms with E-state index in [4.69, 9.17) is 39.9 Å². The van der Waals surface area contributed by atoms with Crippen LogP contribution in [0.15, 0.2) is 6.20 Å². The van der Waals surface area contributed by atoms with Crippen LogP contribution in [-0.4, -0.2) is 40.1 Å². The maximum Gasteiger partial charge on any atom is 0.274 e. The second kappa shape index (κ2) is 6.94. The minimum atomic E-state index is -0.311. The van der Waals surface area contributed by atoms with Crippen molar-refractivity contribution < 1.29 is 9.90 Å². The van der Waals surface area contributed by atoms with Crippen molar-refractivity contribution in [3.63, 3.8) is 0 Å². The third-order valence-electron chi connectivity index (χ3n) is 3.49. The molecule has 110 valence electrons. The molecule has 2 rings (SSSR count). The van der Waals surface area contributed by atoms with Gasteiger partial charge in [-0.05, 0) is 12.8 Å². The molecule has 0 aromatic carbocycles. The highest BCUT2D eigenvalue weighted by Gasteiger charge is 2.29. The molecular weight excluding hydrogens is 323 g/mol. The summed E-state index contributed by atoms with van der Waals surface area (Å²) in [5, 5.41) is 9.56. The summed E-state index contributed by atoms with van der Waals surface area (Å²) >= 11 is 17.8. The van der Waals surface area contributed by atoms with Gasteiger partial charge in [-0.1, -0.05) is 47.6 Å². The number of halogens is 3. The monoisotopic (exact) mass is 336 g/mol. The zero-order chi connectivity index (χ0) is 14.7. The number of aliphatic hydroxyl groups excluding tert-OH is 1. The SMILES string of the molecule is O=C(c1ncc(Cl)c(Cl)c1Cl)N(CCO)C1CCCC1. The fraction of sp³-hybridized carbons (Fsp3) is 0.538. The lowest BCUT2D eigenvalue weighted by Gasteiger charge is -2.28. The summed E-state index contributed by atoms with van der Waals surface area (Å²) in [5.74, 6) is -0.311. The first-order valence-electron chi connectivity index (χ1n) is 6.47. The fourth-order valence-corrected chi connectivity index (χ4v) is 3.06. The van der Waals surface area contributed by atoms with Gasteiger partial charge in [0.25, 0.3) is 5.91 Å². The van der Waals surface area contributed by atoms with Crippen molar-refractivity contribution in [2.45, 2.75) is 31.7 Å². The van der Waals surface area contributed by atoms with Gasteiger partial charge >= 0.3 is 0 Å². The quantitative estimate of drug-likeness (QED) is 0.916. The Hall–Kier alpha value is -0.550. The second-order valence-electron chi connectivity index (χ2n) is 4.74. The zero-order valence-corrected chi connectivity index (χ0v) is 13.0. The zero-order valence-electron chi connectivity index (χ0n) is 10.8. The maximum absolute atomic E-state index is 12.6. The Bertz CT molecular complexity index is 505. The van der Waals surface area contributed by atoms with Crippen molar-refractivity contribution in [1.29, 1.82) is 0 Å². The topological polar surface area (TPSA) is 53.4 Å². The van der Waals surface area contributed by atoms with Crippen LogP contribution in [0, 0.1) is 0 Å². The summed E-state index contributed by atoms with van der Waals surface area (Å²) in [7, 11) is 0. The summed E-state index contributed by atoms with van der Waals surface area (Å²) in [4.78, 5) is 18.2. The summed E-state index contributed by atoms with van der Waals surface area (Å²) in [6.07, 6.45) is 5.36. The van der Waals surface area contributed by atoms with Crippen LogP contribution < -0.4 is 0 Å². The minimum Gasteiger partial charge on any atom is -0.395 e. The summed E-state index contributed by atoms with van der Waals surface area (Å²) in [6, 6.07) is 0.127. The Labute approximate surface area is 132 Å². The highest BCUT2D eigenvalue weighted by molar-refractivity contribution is 6.48. The molecule has 1 aliphatic rings. The number of pyridine rings is 1. The van der Waals surface area contributed by atoms with Crippen LogP contribution in [0.25, 0.3) is 0 Å². The normalized spacial score (nSPS) is 15.6. The summed E-state index contributed by atoms with van der Waals surface area (Å²) < 4.78 is 0. The average molecular weight is 338 g/mol. The van der Waals surface area contributed by atoms with Crippen molar-refractivity contribution in [1.82, 2.24) is 9.88 Å². The minimum absolute atomic E-state index is 0.0603. The molecule has 1 heterocycles. The van der Waals surface area contributed by atoms with Gasteiger partial charge in [-0.25, -0.2) is 4.98 Å². The molecule has 0 bridgehead atoms. The van der Waals surface area contributed by atoms with Crippen LogP contribution in [0.2, 0.25) is 15.1 Å². The van der Waals surface area contributed by atoms with E-state index in [0.29, 0.717) is 0 Å². The molecule has 1 amide bonds. The van der Waals surface area contributed by atoms with Crippen LogP contribution in [0.4, 0.5) is 0 Å². The van der Waals surface area contributed by atoms with Crippen molar-refractivity contribution in [2.75, 3.05) is 13.2 Å². The summed E-state index contributed by atoms with van der Waals surface area (Å²) in [6.45, 7) is 0.170. The number of hydrogen-bond acceptors (Lipinski definition) is 3. The smallest absolute Gasteiger partial charge is 0.274 e. The Morgan fingerprint density at radius 3 is 2.55 bits per heavy atom. The largest absolute Gasteiger partial charge is 0.395 e. The Kier molecular flexibility index (Phi) is 5.49. The van der Waals surface area contributed by atoms with Gasteiger partial charge in [0.15, 0.2) is 0 Å². The lowest BCUT2D eigenvalue weighted by molar-refractivity contribution is 0.0632. The van der Waals surface area contributed by atoms with Crippen LogP contribution >= 0.6 is 34.8 Å². The van der Waals surface area contributed by atoms with E-state index in [1.807, 2.05) is 0 Å². The van der Waals surface area contributed by atoms with Gasteiger partial charge in [-0.15, -0.1) is 0 Å². The molecule has 1 aromatic heterocycles. The Balaban J connectivity index is 2.29. The van der Waals surface area contributed by atoms with E-state index in [-0.39, 0.29) is 45.9 Å². The Morgan fingerprint density at radius 1 is 1.30 bits per heavy atom. The molecule has 7 heteroatoms. The number of nitrogens with zero attached hydrogens (tertiary/aromatic N) is 2. The number of carbonyl (C=O) groups excluding carboxylic acids is 1. The molecule has 20 heavy (non-hydrogen) atoms. The third kappa shape index (κ3) is 3.19. The van der Waals surface area contributed by atoms with Crippen LogP contribution in [0.5, 0.6) is 0 Å². The Morgan fingerprint density at radius 2 is 1.95 bits per heavy atom. The van der Waals surface area contributed by atoms with Crippen LogP contribution in [-0.2, 0) is 0 Å². The molecule has 1 aromatic rings. The van der Waals surface area contributed by atoms with E-state index in [2.05, 4.69) is 4.98 Å². The van der Waals surface area contributed by atoms with Crippen molar-refractivity contribution in [3.05, 3.63) is 27.0 Å². The fourth-order valence-electron chi connectivity index (χ4n) is 2.50. The van der Waals surface area contributed by atoms with Crippen molar-refractivity contribution >= 4 is 40.7 Å². The first kappa shape index (κ1) is 15.8. The van der Waals surface area contributed by atoms with Crippen LogP contribution in [0.3, 0.4) is 0 Å². The number of aromatic nitrogens is 1. The van der Waals surface area contributed by atoms with Gasteiger partial charge in [0, 0.05) is 18.8 Å². The number of aliphatic hydroxyl groups is 1. The van der Waals surface area contributed by atoms with E-state index in [1.54, 1.807) is 4.90 Å². The predicted octanol–water partition coefficient (Wildman–Crippen LogP) is 3.42. The van der Waals surface area contributed by atoms with Crippen LogP contribution in [0.1, 0.15) is 36.2 Å². The summed E-state index contributed by atoms with van der Waals surface area (Å²) in [5.41, 5.74) is 0.0846. The number of carbonyl (C=O) groups is 1. The lowest BCUT2D eigenvalue weighted by Crippen LogP contribution is -2.41. The predicted molar refractivity (Wildman–Crippen MR) is 79.6 cm³/mol.